The van der Waals surface area contributed by atoms with Gasteiger partial charge in [0.2, 0.25) is 5.76 Å². The molecule has 30 heavy (non-hydrogen) atoms. The number of hydrogen-bond acceptors (Lipinski definition) is 7. The van der Waals surface area contributed by atoms with Crippen LogP contribution in [0.4, 0.5) is 10.5 Å². The average Bonchev–Trinajstić information content (AvgIpc) is 3.11. The maximum Gasteiger partial charge on any atom is 0.414 e. The molecule has 2 atom stereocenters. The second-order valence-electron chi connectivity index (χ2n) is 6.89. The molecule has 0 aromatic carbocycles. The number of furan rings is 1. The molecule has 1 fully saturated rings. The number of hydrogen-bond donors (Lipinski definition) is 0. The molecule has 1 saturated heterocycles. The van der Waals surface area contributed by atoms with E-state index in [9.17, 15) is 9.59 Å². The average molecular weight is 440 g/mol. The lowest BCUT2D eigenvalue weighted by atomic mass is 9.99. The van der Waals surface area contributed by atoms with Gasteiger partial charge < -0.3 is 13.9 Å². The Morgan fingerprint density at radius 3 is 2.77 bits per heavy atom. The van der Waals surface area contributed by atoms with Crippen molar-refractivity contribution in [3.8, 4) is 0 Å². The van der Waals surface area contributed by atoms with Crippen molar-refractivity contribution in [3.63, 3.8) is 0 Å². The number of carbonyl (C=O) groups is 2. The van der Waals surface area contributed by atoms with E-state index in [-0.39, 0.29) is 35.4 Å². The van der Waals surface area contributed by atoms with Crippen LogP contribution in [0.2, 0.25) is 5.15 Å². The quantitative estimate of drug-likeness (QED) is 0.495. The molecule has 9 nitrogen and oxygen atoms in total. The first kappa shape index (κ1) is 22.3. The number of ether oxygens (including phenoxy) is 2. The summed E-state index contributed by atoms with van der Waals surface area (Å²) < 4.78 is 16.9. The number of fused-ring (bicyclic) bond motifs is 1. The van der Waals surface area contributed by atoms with Crippen LogP contribution in [0.15, 0.2) is 16.5 Å². The zero-order valence-corrected chi connectivity index (χ0v) is 18.3. The van der Waals surface area contributed by atoms with Gasteiger partial charge in [0.15, 0.2) is 5.58 Å². The van der Waals surface area contributed by atoms with Crippen LogP contribution in [0.1, 0.15) is 43.7 Å². The predicted octanol–water partition coefficient (Wildman–Crippen LogP) is 4.04. The SMILES string of the molecule is CCOC(=O)N(c1c(C(=O)N(C)OC)oc2ccc(Cl)nc12)C1CCOC(CC)C1. The molecule has 0 aliphatic carbocycles. The van der Waals surface area contributed by atoms with Gasteiger partial charge in [0, 0.05) is 19.7 Å². The fraction of sp³-hybridized carbons (Fsp3) is 0.550. The van der Waals surface area contributed by atoms with Crippen LogP contribution >= 0.6 is 11.6 Å². The molecule has 164 valence electrons. The highest BCUT2D eigenvalue weighted by atomic mass is 35.5. The molecule has 0 bridgehead atoms. The van der Waals surface area contributed by atoms with E-state index in [0.29, 0.717) is 30.5 Å². The maximum absolute atomic E-state index is 13.1. The minimum atomic E-state index is -0.585. The Kier molecular flexibility index (Phi) is 7.17. The van der Waals surface area contributed by atoms with Gasteiger partial charge in [0.05, 0.1) is 19.8 Å². The van der Waals surface area contributed by atoms with Crippen LogP contribution < -0.4 is 4.90 Å². The minimum absolute atomic E-state index is 0.00353. The summed E-state index contributed by atoms with van der Waals surface area (Å²) in [6.45, 7) is 4.42. The molecule has 2 unspecified atom stereocenters. The van der Waals surface area contributed by atoms with Gasteiger partial charge in [-0.1, -0.05) is 18.5 Å². The molecule has 2 aromatic heterocycles. The number of amides is 2. The van der Waals surface area contributed by atoms with Gasteiger partial charge in [-0.25, -0.2) is 14.8 Å². The van der Waals surface area contributed by atoms with E-state index in [0.717, 1.165) is 11.5 Å². The molecule has 2 aromatic rings. The smallest absolute Gasteiger partial charge is 0.414 e. The van der Waals surface area contributed by atoms with E-state index < -0.39 is 12.0 Å². The van der Waals surface area contributed by atoms with E-state index in [4.69, 9.17) is 30.3 Å². The van der Waals surface area contributed by atoms with E-state index in [1.54, 1.807) is 19.1 Å². The van der Waals surface area contributed by atoms with Crippen molar-refractivity contribution in [3.05, 3.63) is 23.0 Å². The summed E-state index contributed by atoms with van der Waals surface area (Å²) in [7, 11) is 2.82. The lowest BCUT2D eigenvalue weighted by molar-refractivity contribution is -0.0772. The summed E-state index contributed by atoms with van der Waals surface area (Å²) in [5, 5.41) is 1.23. The second-order valence-corrected chi connectivity index (χ2v) is 7.28. The van der Waals surface area contributed by atoms with Gasteiger partial charge in [0.1, 0.15) is 16.4 Å². The van der Waals surface area contributed by atoms with Crippen LogP contribution in [0.25, 0.3) is 11.1 Å². The van der Waals surface area contributed by atoms with Gasteiger partial charge in [-0.2, -0.15) is 0 Å². The number of rotatable bonds is 6. The largest absolute Gasteiger partial charge is 0.449 e. The fourth-order valence-electron chi connectivity index (χ4n) is 3.53. The molecule has 1 aliphatic heterocycles. The summed E-state index contributed by atoms with van der Waals surface area (Å²) in [5.41, 5.74) is 0.861. The lowest BCUT2D eigenvalue weighted by Gasteiger charge is -2.36. The van der Waals surface area contributed by atoms with Gasteiger partial charge in [-0.15, -0.1) is 0 Å². The molecule has 0 N–H and O–H groups in total. The zero-order chi connectivity index (χ0) is 21.8. The molecular weight excluding hydrogens is 414 g/mol. The second kappa shape index (κ2) is 9.63. The Balaban J connectivity index is 2.19. The van der Waals surface area contributed by atoms with Gasteiger partial charge in [-0.3, -0.25) is 14.5 Å². The van der Waals surface area contributed by atoms with E-state index in [2.05, 4.69) is 4.98 Å². The predicted molar refractivity (Wildman–Crippen MR) is 111 cm³/mol. The number of aromatic nitrogens is 1. The highest BCUT2D eigenvalue weighted by molar-refractivity contribution is 6.30. The van der Waals surface area contributed by atoms with Crippen molar-refractivity contribution in [2.75, 3.05) is 32.3 Å². The Morgan fingerprint density at radius 1 is 1.33 bits per heavy atom. The van der Waals surface area contributed by atoms with Gasteiger partial charge in [-0.05, 0) is 38.3 Å². The van der Waals surface area contributed by atoms with Crippen molar-refractivity contribution in [1.82, 2.24) is 10.0 Å². The Morgan fingerprint density at radius 2 is 2.10 bits per heavy atom. The summed E-state index contributed by atoms with van der Waals surface area (Å²) in [6, 6.07) is 2.91. The van der Waals surface area contributed by atoms with Crippen molar-refractivity contribution in [2.24, 2.45) is 0 Å². The zero-order valence-electron chi connectivity index (χ0n) is 17.5. The van der Waals surface area contributed by atoms with E-state index >= 15 is 0 Å². The molecule has 1 aliphatic rings. The Bertz CT molecular complexity index is 917. The first-order chi connectivity index (χ1) is 14.4. The van der Waals surface area contributed by atoms with Crippen molar-refractivity contribution in [2.45, 2.75) is 45.3 Å². The number of hydroxylamine groups is 2. The summed E-state index contributed by atoms with van der Waals surface area (Å²) in [4.78, 5) is 36.9. The number of halogens is 1. The molecule has 10 heteroatoms. The van der Waals surface area contributed by atoms with Crippen LogP contribution in [-0.2, 0) is 14.3 Å². The number of nitrogens with zero attached hydrogens (tertiary/aromatic N) is 3. The highest BCUT2D eigenvalue weighted by Crippen LogP contribution is 2.38. The molecule has 0 radical (unpaired) electrons. The fourth-order valence-corrected chi connectivity index (χ4v) is 3.68. The summed E-state index contributed by atoms with van der Waals surface area (Å²) in [5.74, 6) is -0.633. The third-order valence-electron chi connectivity index (χ3n) is 5.10. The molecule has 0 spiro atoms. The van der Waals surface area contributed by atoms with Crippen molar-refractivity contribution >= 4 is 40.4 Å². The monoisotopic (exact) mass is 439 g/mol. The molecule has 3 rings (SSSR count). The minimum Gasteiger partial charge on any atom is -0.449 e. The first-order valence-electron chi connectivity index (χ1n) is 9.89. The number of carbonyl (C=O) groups excluding carboxylic acids is 2. The highest BCUT2D eigenvalue weighted by Gasteiger charge is 2.38. The standard InChI is InChI=1S/C20H26ClN3O6/c1-5-13-11-12(9-10-29-13)24(20(26)28-6-2)17-16-14(7-8-15(21)22-16)30-18(17)19(25)23(3)27-4/h7-8,12-13H,5-6,9-11H2,1-4H3. The number of pyridine rings is 1. The third kappa shape index (κ3) is 4.38. The molecule has 0 saturated carbocycles. The van der Waals surface area contributed by atoms with E-state index in [1.807, 2.05) is 6.92 Å². The van der Waals surface area contributed by atoms with Gasteiger partial charge >= 0.3 is 12.0 Å². The van der Waals surface area contributed by atoms with Crippen LogP contribution in [0.3, 0.4) is 0 Å². The summed E-state index contributed by atoms with van der Waals surface area (Å²) >= 11 is 6.12. The molecule has 2 amide bonds. The molecular formula is C20H26ClN3O6. The summed E-state index contributed by atoms with van der Waals surface area (Å²) in [6.07, 6.45) is 1.39. The van der Waals surface area contributed by atoms with Gasteiger partial charge in [0.25, 0.3) is 0 Å². The maximum atomic E-state index is 13.1. The van der Waals surface area contributed by atoms with Crippen molar-refractivity contribution < 1.29 is 28.3 Å². The molecule has 3 heterocycles. The topological polar surface area (TPSA) is 94.3 Å². The Hall–Kier alpha value is -2.36. The normalized spacial score (nSPS) is 19.0. The first-order valence-corrected chi connectivity index (χ1v) is 10.3. The van der Waals surface area contributed by atoms with Crippen molar-refractivity contribution in [1.29, 1.82) is 0 Å². The van der Waals surface area contributed by atoms with Crippen LogP contribution in [-0.4, -0.2) is 61.6 Å². The third-order valence-corrected chi connectivity index (χ3v) is 5.31. The van der Waals surface area contributed by atoms with Crippen LogP contribution in [0.5, 0.6) is 0 Å². The lowest BCUT2D eigenvalue weighted by Crippen LogP contribution is -2.47. The van der Waals surface area contributed by atoms with Crippen LogP contribution in [0, 0.1) is 0 Å². The number of anilines is 1. The Labute approximate surface area is 179 Å². The van der Waals surface area contributed by atoms with E-state index in [1.165, 1.54) is 19.1 Å².